The smallest absolute Gasteiger partial charge is 0.341 e. The number of aryl methyl sites for hydroxylation is 1. The van der Waals surface area contributed by atoms with Crippen LogP contribution in [0.2, 0.25) is 5.02 Å². The first-order valence-electron chi connectivity index (χ1n) is 6.05. The molecule has 0 radical (unpaired) electrons. The molecule has 0 atom stereocenters. The van der Waals surface area contributed by atoms with Gasteiger partial charge in [0.05, 0.1) is 5.56 Å². The van der Waals surface area contributed by atoms with Crippen molar-refractivity contribution >= 4 is 23.3 Å². The molecule has 2 rings (SSSR count). The van der Waals surface area contributed by atoms with E-state index in [1.165, 1.54) is 31.2 Å². The van der Waals surface area contributed by atoms with Gasteiger partial charge in [-0.1, -0.05) is 11.6 Å². The summed E-state index contributed by atoms with van der Waals surface area (Å²) in [6.07, 6.45) is 0. The van der Waals surface area contributed by atoms with Gasteiger partial charge in [-0.25, -0.2) is 13.6 Å². The molecule has 6 heteroatoms. The van der Waals surface area contributed by atoms with E-state index in [4.69, 9.17) is 22.1 Å². The minimum Gasteiger partial charge on any atom is -0.457 e. The Morgan fingerprint density at radius 1 is 1.29 bits per heavy atom. The van der Waals surface area contributed by atoms with Crippen LogP contribution in [0.4, 0.5) is 14.5 Å². The largest absolute Gasteiger partial charge is 0.457 e. The van der Waals surface area contributed by atoms with Gasteiger partial charge in [0.1, 0.15) is 18.2 Å². The first-order valence-corrected chi connectivity index (χ1v) is 6.43. The fraction of sp³-hybridized carbons (Fsp3) is 0.133. The highest BCUT2D eigenvalue weighted by molar-refractivity contribution is 6.30. The molecule has 2 N–H and O–H groups in total. The fourth-order valence-corrected chi connectivity index (χ4v) is 2.02. The normalized spacial score (nSPS) is 10.5. The van der Waals surface area contributed by atoms with Gasteiger partial charge in [-0.2, -0.15) is 0 Å². The van der Waals surface area contributed by atoms with Gasteiger partial charge in [0.15, 0.2) is 0 Å². The molecular weight excluding hydrogens is 300 g/mol. The summed E-state index contributed by atoms with van der Waals surface area (Å²) in [5, 5.41) is 0.313. The lowest BCUT2D eigenvalue weighted by atomic mass is 10.1. The summed E-state index contributed by atoms with van der Waals surface area (Å²) >= 11 is 5.73. The molecule has 0 amide bonds. The second-order valence-corrected chi connectivity index (χ2v) is 4.95. The maximum Gasteiger partial charge on any atom is 0.341 e. The zero-order valence-corrected chi connectivity index (χ0v) is 11.9. The number of benzene rings is 2. The van der Waals surface area contributed by atoms with E-state index in [1.807, 2.05) is 0 Å². The maximum absolute atomic E-state index is 13.8. The van der Waals surface area contributed by atoms with Crippen LogP contribution < -0.4 is 5.73 Å². The van der Waals surface area contributed by atoms with Crippen LogP contribution in [0, 0.1) is 18.6 Å². The Labute approximate surface area is 125 Å². The van der Waals surface area contributed by atoms with E-state index >= 15 is 0 Å². The number of ether oxygens (including phenoxy) is 1. The average molecular weight is 312 g/mol. The van der Waals surface area contributed by atoms with Crippen LogP contribution in [0.1, 0.15) is 21.5 Å². The van der Waals surface area contributed by atoms with Crippen molar-refractivity contribution in [2.45, 2.75) is 13.5 Å². The molecule has 2 aromatic rings. The molecule has 0 aliphatic carbocycles. The van der Waals surface area contributed by atoms with Gasteiger partial charge in [-0.15, -0.1) is 0 Å². The summed E-state index contributed by atoms with van der Waals surface area (Å²) in [5.41, 5.74) is 5.87. The second kappa shape index (κ2) is 6.10. The third kappa shape index (κ3) is 3.49. The van der Waals surface area contributed by atoms with Gasteiger partial charge >= 0.3 is 5.97 Å². The highest BCUT2D eigenvalue weighted by Crippen LogP contribution is 2.20. The minimum absolute atomic E-state index is 0.108. The Balaban J connectivity index is 2.17. The van der Waals surface area contributed by atoms with Crippen LogP contribution in [0.15, 0.2) is 30.3 Å². The standard InChI is InChI=1S/C15H12ClF2NO2/c1-8-4-11(19)6-12(14(8)18)15(20)21-7-9-5-10(16)2-3-13(9)17/h2-6H,7,19H2,1H3. The number of nitrogens with two attached hydrogens (primary N) is 1. The zero-order chi connectivity index (χ0) is 15.6. The Hall–Kier alpha value is -2.14. The van der Waals surface area contributed by atoms with Crippen molar-refractivity contribution in [2.75, 3.05) is 5.73 Å². The van der Waals surface area contributed by atoms with E-state index in [2.05, 4.69) is 0 Å². The number of nitrogen functional groups attached to an aromatic ring is 1. The zero-order valence-electron chi connectivity index (χ0n) is 11.1. The predicted octanol–water partition coefficient (Wildman–Crippen LogP) is 3.87. The molecule has 0 fully saturated rings. The number of esters is 1. The van der Waals surface area contributed by atoms with Crippen LogP contribution in [0.5, 0.6) is 0 Å². The van der Waals surface area contributed by atoms with E-state index in [9.17, 15) is 13.6 Å². The topological polar surface area (TPSA) is 52.3 Å². The molecule has 0 aromatic heterocycles. The van der Waals surface area contributed by atoms with Gasteiger partial charge in [0, 0.05) is 16.3 Å². The van der Waals surface area contributed by atoms with Crippen LogP contribution in [-0.2, 0) is 11.3 Å². The number of carbonyl (C=O) groups excluding carboxylic acids is 1. The van der Waals surface area contributed by atoms with Gasteiger partial charge < -0.3 is 10.5 Å². The van der Waals surface area contributed by atoms with Crippen LogP contribution >= 0.6 is 11.6 Å². The first kappa shape index (κ1) is 15.3. The Kier molecular flexibility index (Phi) is 4.43. The number of halogens is 3. The van der Waals surface area contributed by atoms with Crippen molar-refractivity contribution < 1.29 is 18.3 Å². The molecule has 21 heavy (non-hydrogen) atoms. The first-order chi connectivity index (χ1) is 9.88. The summed E-state index contributed by atoms with van der Waals surface area (Å²) in [7, 11) is 0. The fourth-order valence-electron chi connectivity index (χ4n) is 1.82. The van der Waals surface area contributed by atoms with Crippen LogP contribution in [0.3, 0.4) is 0 Å². The summed E-state index contributed by atoms with van der Waals surface area (Å²) in [4.78, 5) is 11.9. The summed E-state index contributed by atoms with van der Waals surface area (Å²) in [6.45, 7) is 1.14. The lowest BCUT2D eigenvalue weighted by molar-refractivity contribution is 0.0463. The molecule has 0 spiro atoms. The van der Waals surface area contributed by atoms with E-state index < -0.39 is 17.6 Å². The number of anilines is 1. The Morgan fingerprint density at radius 2 is 2.00 bits per heavy atom. The van der Waals surface area contributed by atoms with Crippen molar-refractivity contribution in [2.24, 2.45) is 0 Å². The second-order valence-electron chi connectivity index (χ2n) is 4.51. The van der Waals surface area contributed by atoms with Crippen molar-refractivity contribution in [1.82, 2.24) is 0 Å². The highest BCUT2D eigenvalue weighted by atomic mass is 35.5. The molecule has 0 saturated heterocycles. The van der Waals surface area contributed by atoms with E-state index in [0.29, 0.717) is 5.02 Å². The number of rotatable bonds is 3. The van der Waals surface area contributed by atoms with Crippen molar-refractivity contribution in [3.8, 4) is 0 Å². The number of carbonyl (C=O) groups is 1. The molecule has 110 valence electrons. The third-order valence-electron chi connectivity index (χ3n) is 2.86. The van der Waals surface area contributed by atoms with Gasteiger partial charge in [-0.3, -0.25) is 0 Å². The quantitative estimate of drug-likeness (QED) is 0.691. The lowest BCUT2D eigenvalue weighted by Crippen LogP contribution is -2.10. The van der Waals surface area contributed by atoms with Gasteiger partial charge in [0.25, 0.3) is 0 Å². The molecule has 0 aliphatic rings. The molecular formula is C15H12ClF2NO2. The predicted molar refractivity (Wildman–Crippen MR) is 76.1 cm³/mol. The van der Waals surface area contributed by atoms with Gasteiger partial charge in [0.2, 0.25) is 0 Å². The van der Waals surface area contributed by atoms with Crippen molar-refractivity contribution in [3.63, 3.8) is 0 Å². The van der Waals surface area contributed by atoms with E-state index in [-0.39, 0.29) is 29.0 Å². The minimum atomic E-state index is -0.915. The van der Waals surface area contributed by atoms with E-state index in [1.54, 1.807) is 0 Å². The van der Waals surface area contributed by atoms with Crippen molar-refractivity contribution in [3.05, 3.63) is 63.7 Å². The summed E-state index contributed by atoms with van der Waals surface area (Å²) in [5.74, 6) is -2.18. The monoisotopic (exact) mass is 311 g/mol. The number of hydrogen-bond acceptors (Lipinski definition) is 3. The maximum atomic E-state index is 13.8. The Bertz CT molecular complexity index is 704. The average Bonchev–Trinajstić information content (AvgIpc) is 2.43. The summed E-state index contributed by atoms with van der Waals surface area (Å²) in [6, 6.07) is 6.47. The molecule has 0 saturated carbocycles. The van der Waals surface area contributed by atoms with E-state index in [0.717, 1.165) is 6.07 Å². The highest BCUT2D eigenvalue weighted by Gasteiger charge is 2.17. The molecule has 0 unspecified atom stereocenters. The van der Waals surface area contributed by atoms with Crippen molar-refractivity contribution in [1.29, 1.82) is 0 Å². The lowest BCUT2D eigenvalue weighted by Gasteiger charge is -2.09. The molecule has 0 bridgehead atoms. The SMILES string of the molecule is Cc1cc(N)cc(C(=O)OCc2cc(Cl)ccc2F)c1F. The Morgan fingerprint density at radius 3 is 2.71 bits per heavy atom. The molecule has 3 nitrogen and oxygen atoms in total. The van der Waals surface area contributed by atoms with Gasteiger partial charge in [-0.05, 0) is 42.8 Å². The van der Waals surface area contributed by atoms with Crippen LogP contribution in [-0.4, -0.2) is 5.97 Å². The molecule has 0 heterocycles. The third-order valence-corrected chi connectivity index (χ3v) is 3.10. The summed E-state index contributed by atoms with van der Waals surface area (Å²) < 4.78 is 32.2. The number of hydrogen-bond donors (Lipinski definition) is 1. The molecule has 2 aromatic carbocycles. The molecule has 0 aliphatic heterocycles. The van der Waals surface area contributed by atoms with Crippen LogP contribution in [0.25, 0.3) is 0 Å².